The average molecular weight is 467 g/mol. The molecule has 2 heterocycles. The number of carbonyl (C=O) groups excluding carboxylic acids is 1. The highest BCUT2D eigenvalue weighted by molar-refractivity contribution is 5.67. The largest absolute Gasteiger partial charge is 0.444 e. The number of carbonyl (C=O) groups is 1. The van der Waals surface area contributed by atoms with Gasteiger partial charge in [-0.05, 0) is 52.0 Å². The lowest BCUT2D eigenvalue weighted by atomic mass is 9.94. The summed E-state index contributed by atoms with van der Waals surface area (Å²) >= 11 is 0. The van der Waals surface area contributed by atoms with Crippen molar-refractivity contribution in [3.8, 4) is 0 Å². The Morgan fingerprint density at radius 2 is 1.82 bits per heavy atom. The lowest BCUT2D eigenvalue weighted by Crippen LogP contribution is -2.39. The number of aromatic nitrogens is 2. The number of ether oxygens (including phenoxy) is 2. The van der Waals surface area contributed by atoms with E-state index in [9.17, 15) is 4.79 Å². The normalized spacial score (nSPS) is 17.4. The van der Waals surface area contributed by atoms with Crippen molar-refractivity contribution in [2.75, 3.05) is 37.7 Å². The van der Waals surface area contributed by atoms with Crippen LogP contribution in [0.1, 0.15) is 69.6 Å². The Hall–Kier alpha value is -2.67. The van der Waals surface area contributed by atoms with Crippen molar-refractivity contribution in [3.63, 3.8) is 0 Å². The van der Waals surface area contributed by atoms with Crippen molar-refractivity contribution in [2.45, 2.75) is 70.8 Å². The molecule has 1 aliphatic carbocycles. The van der Waals surface area contributed by atoms with Crippen molar-refractivity contribution < 1.29 is 14.3 Å². The Kier molecular flexibility index (Phi) is 7.41. The fourth-order valence-electron chi connectivity index (χ4n) is 4.59. The van der Waals surface area contributed by atoms with E-state index in [4.69, 9.17) is 19.4 Å². The number of benzene rings is 1. The van der Waals surface area contributed by atoms with E-state index in [0.29, 0.717) is 26.2 Å². The van der Waals surface area contributed by atoms with Gasteiger partial charge >= 0.3 is 6.09 Å². The van der Waals surface area contributed by atoms with E-state index < -0.39 is 11.7 Å². The van der Waals surface area contributed by atoms with Crippen LogP contribution < -0.4 is 10.2 Å². The maximum absolute atomic E-state index is 12.2. The van der Waals surface area contributed by atoms with E-state index in [0.717, 1.165) is 61.7 Å². The zero-order valence-corrected chi connectivity index (χ0v) is 21.0. The van der Waals surface area contributed by atoms with Gasteiger partial charge in [0, 0.05) is 30.9 Å². The van der Waals surface area contributed by atoms with Crippen LogP contribution in [0.25, 0.3) is 0 Å². The molecule has 1 saturated carbocycles. The smallest absolute Gasteiger partial charge is 0.407 e. The molecule has 34 heavy (non-hydrogen) atoms. The molecule has 1 aromatic heterocycles. The van der Waals surface area contributed by atoms with Crippen LogP contribution in [-0.2, 0) is 27.7 Å². The molecule has 184 valence electrons. The molecule has 2 aromatic rings. The second-order valence-electron chi connectivity index (χ2n) is 10.3. The second-order valence-corrected chi connectivity index (χ2v) is 10.3. The van der Waals surface area contributed by atoms with E-state index in [-0.39, 0.29) is 5.41 Å². The molecule has 0 radical (unpaired) electrons. The molecule has 1 aromatic carbocycles. The predicted molar refractivity (Wildman–Crippen MR) is 133 cm³/mol. The molecule has 2 fully saturated rings. The van der Waals surface area contributed by atoms with Crippen molar-refractivity contribution in [1.82, 2.24) is 15.3 Å². The molecule has 1 amide bonds. The molecule has 0 unspecified atom stereocenters. The summed E-state index contributed by atoms with van der Waals surface area (Å²) in [4.78, 5) is 24.9. The van der Waals surface area contributed by atoms with Gasteiger partial charge in [-0.2, -0.15) is 0 Å². The molecule has 0 atom stereocenters. The number of anilines is 1. The van der Waals surface area contributed by atoms with Gasteiger partial charge in [0.05, 0.1) is 18.6 Å². The molecule has 1 aliphatic heterocycles. The Bertz CT molecular complexity index is 977. The number of nitrogens with zero attached hydrogens (tertiary/aromatic N) is 3. The maximum atomic E-state index is 12.2. The van der Waals surface area contributed by atoms with Crippen molar-refractivity contribution in [2.24, 2.45) is 0 Å². The van der Waals surface area contributed by atoms with Crippen LogP contribution in [0.4, 0.5) is 10.6 Å². The Labute approximate surface area is 203 Å². The van der Waals surface area contributed by atoms with Crippen LogP contribution in [-0.4, -0.2) is 54.5 Å². The second kappa shape index (κ2) is 10.3. The fraction of sp³-hybridized carbons (Fsp3) is 0.593. The minimum Gasteiger partial charge on any atom is -0.444 e. The van der Waals surface area contributed by atoms with E-state index in [1.165, 1.54) is 5.56 Å². The first-order valence-corrected chi connectivity index (χ1v) is 12.6. The van der Waals surface area contributed by atoms with Crippen molar-refractivity contribution >= 4 is 11.9 Å². The number of morpholine rings is 1. The molecule has 0 bridgehead atoms. The first-order valence-electron chi connectivity index (χ1n) is 12.6. The summed E-state index contributed by atoms with van der Waals surface area (Å²) in [5.74, 6) is 1.94. The van der Waals surface area contributed by atoms with Gasteiger partial charge in [0.1, 0.15) is 17.2 Å². The number of hydrogen-bond acceptors (Lipinski definition) is 6. The maximum Gasteiger partial charge on any atom is 0.407 e. The topological polar surface area (TPSA) is 76.6 Å². The summed E-state index contributed by atoms with van der Waals surface area (Å²) in [6.07, 6.45) is 4.31. The third-order valence-electron chi connectivity index (χ3n) is 6.42. The quantitative estimate of drug-likeness (QED) is 0.621. The molecule has 7 heteroatoms. The van der Waals surface area contributed by atoms with Crippen LogP contribution >= 0.6 is 0 Å². The third kappa shape index (κ3) is 5.69. The lowest BCUT2D eigenvalue weighted by Gasteiger charge is -2.31. The lowest BCUT2D eigenvalue weighted by molar-refractivity contribution is 0.0528. The van der Waals surface area contributed by atoms with Crippen LogP contribution in [0.5, 0.6) is 0 Å². The number of aryl methyl sites for hydroxylation is 1. The highest BCUT2D eigenvalue weighted by Crippen LogP contribution is 2.52. The summed E-state index contributed by atoms with van der Waals surface area (Å²) in [5.41, 5.74) is 2.93. The number of amides is 1. The summed E-state index contributed by atoms with van der Waals surface area (Å²) in [6, 6.07) is 10.7. The van der Waals surface area contributed by atoms with Crippen molar-refractivity contribution in [3.05, 3.63) is 53.0 Å². The SMILES string of the molecule is CCCc1nc(C2(c3ccccc3)CC2)nc(N2CCOCC2)c1CCNC(=O)OC(C)(C)C. The van der Waals surface area contributed by atoms with E-state index in [1.54, 1.807) is 0 Å². The average Bonchev–Trinajstić information content (AvgIpc) is 3.62. The van der Waals surface area contributed by atoms with Gasteiger partial charge in [-0.25, -0.2) is 14.8 Å². The van der Waals surface area contributed by atoms with Crippen LogP contribution in [0.2, 0.25) is 0 Å². The Balaban J connectivity index is 1.66. The molecule has 1 saturated heterocycles. The molecular formula is C27H38N4O3. The van der Waals surface area contributed by atoms with E-state index in [1.807, 2.05) is 20.8 Å². The minimum absolute atomic E-state index is 0.0852. The van der Waals surface area contributed by atoms with Gasteiger partial charge in [0.25, 0.3) is 0 Å². The summed E-state index contributed by atoms with van der Waals surface area (Å²) in [7, 11) is 0. The van der Waals surface area contributed by atoms with Gasteiger partial charge in [-0.1, -0.05) is 43.7 Å². The number of hydrogen-bond donors (Lipinski definition) is 1. The van der Waals surface area contributed by atoms with Crippen LogP contribution in [0.3, 0.4) is 0 Å². The monoisotopic (exact) mass is 466 g/mol. The molecule has 0 spiro atoms. The van der Waals surface area contributed by atoms with Crippen LogP contribution in [0.15, 0.2) is 30.3 Å². The molecule has 7 nitrogen and oxygen atoms in total. The first kappa shape index (κ1) is 24.5. The fourth-order valence-corrected chi connectivity index (χ4v) is 4.59. The Morgan fingerprint density at radius 1 is 1.12 bits per heavy atom. The highest BCUT2D eigenvalue weighted by atomic mass is 16.6. The van der Waals surface area contributed by atoms with E-state index >= 15 is 0 Å². The number of nitrogens with one attached hydrogen (secondary N) is 1. The van der Waals surface area contributed by atoms with E-state index in [2.05, 4.69) is 47.5 Å². The highest BCUT2D eigenvalue weighted by Gasteiger charge is 2.49. The standard InChI is InChI=1S/C27H38N4O3/c1-5-9-22-21(12-15-28-25(32)34-26(2,3)4)23(31-16-18-33-19-17-31)30-24(29-22)27(13-14-27)20-10-7-6-8-11-20/h6-8,10-11H,5,9,12-19H2,1-4H3,(H,28,32). The summed E-state index contributed by atoms with van der Waals surface area (Å²) < 4.78 is 11.0. The summed E-state index contributed by atoms with van der Waals surface area (Å²) in [6.45, 7) is 11.3. The Morgan fingerprint density at radius 3 is 2.44 bits per heavy atom. The number of alkyl carbamates (subject to hydrolysis) is 1. The zero-order valence-electron chi connectivity index (χ0n) is 21.0. The predicted octanol–water partition coefficient (Wildman–Crippen LogP) is 4.41. The summed E-state index contributed by atoms with van der Waals surface area (Å²) in [5, 5.41) is 2.91. The number of rotatable bonds is 8. The van der Waals surface area contributed by atoms with Gasteiger partial charge < -0.3 is 19.7 Å². The van der Waals surface area contributed by atoms with Crippen LogP contribution in [0, 0.1) is 0 Å². The van der Waals surface area contributed by atoms with Gasteiger partial charge in [0.2, 0.25) is 0 Å². The molecule has 4 rings (SSSR count). The molecule has 1 N–H and O–H groups in total. The molecule has 2 aliphatic rings. The third-order valence-corrected chi connectivity index (χ3v) is 6.42. The minimum atomic E-state index is -0.517. The van der Waals surface area contributed by atoms with Gasteiger partial charge in [-0.15, -0.1) is 0 Å². The van der Waals surface area contributed by atoms with Crippen molar-refractivity contribution in [1.29, 1.82) is 0 Å². The zero-order chi connectivity index (χ0) is 24.2. The van der Waals surface area contributed by atoms with Gasteiger partial charge in [-0.3, -0.25) is 0 Å². The first-order chi connectivity index (χ1) is 16.3. The van der Waals surface area contributed by atoms with Gasteiger partial charge in [0.15, 0.2) is 0 Å². The molecular weight excluding hydrogens is 428 g/mol.